The summed E-state index contributed by atoms with van der Waals surface area (Å²) in [5.41, 5.74) is 4.86. The predicted molar refractivity (Wildman–Crippen MR) is 69.9 cm³/mol. The van der Waals surface area contributed by atoms with E-state index >= 15 is 0 Å². The SMILES string of the molecule is NC(=NO)C1(C(=O)NCCc2ncon2)CCCCC1. The first-order valence-electron chi connectivity index (χ1n) is 6.70. The van der Waals surface area contributed by atoms with E-state index in [0.29, 0.717) is 31.6 Å². The maximum absolute atomic E-state index is 12.4. The Hall–Kier alpha value is -2.12. The summed E-state index contributed by atoms with van der Waals surface area (Å²) in [6, 6.07) is 0. The van der Waals surface area contributed by atoms with Crippen LogP contribution in [0.1, 0.15) is 37.9 Å². The maximum Gasteiger partial charge on any atom is 0.233 e. The van der Waals surface area contributed by atoms with Gasteiger partial charge < -0.3 is 20.8 Å². The van der Waals surface area contributed by atoms with Gasteiger partial charge in [0.25, 0.3) is 0 Å². The van der Waals surface area contributed by atoms with Crippen molar-refractivity contribution in [3.05, 3.63) is 12.2 Å². The van der Waals surface area contributed by atoms with Crippen molar-refractivity contribution in [3.63, 3.8) is 0 Å². The van der Waals surface area contributed by atoms with E-state index in [0.717, 1.165) is 19.3 Å². The van der Waals surface area contributed by atoms with Crippen molar-refractivity contribution in [1.82, 2.24) is 15.5 Å². The van der Waals surface area contributed by atoms with Crippen molar-refractivity contribution in [2.75, 3.05) is 6.54 Å². The second-order valence-electron chi connectivity index (χ2n) is 4.98. The van der Waals surface area contributed by atoms with E-state index < -0.39 is 5.41 Å². The summed E-state index contributed by atoms with van der Waals surface area (Å²) in [6.07, 6.45) is 5.80. The van der Waals surface area contributed by atoms with Gasteiger partial charge in [0.15, 0.2) is 11.7 Å². The number of rotatable bonds is 5. The molecule has 4 N–H and O–H groups in total. The summed E-state index contributed by atoms with van der Waals surface area (Å²) in [5.74, 6) is 0.331. The zero-order valence-electron chi connectivity index (χ0n) is 11.2. The molecule has 20 heavy (non-hydrogen) atoms. The first kappa shape index (κ1) is 14.3. The molecule has 1 aromatic rings. The maximum atomic E-state index is 12.4. The van der Waals surface area contributed by atoms with E-state index in [1.54, 1.807) is 0 Å². The van der Waals surface area contributed by atoms with Gasteiger partial charge in [0.05, 0.1) is 0 Å². The molecule has 110 valence electrons. The molecule has 0 radical (unpaired) electrons. The molecule has 8 heteroatoms. The third-order valence-electron chi connectivity index (χ3n) is 3.78. The molecule has 0 aliphatic heterocycles. The van der Waals surface area contributed by atoms with E-state index in [-0.39, 0.29) is 11.7 Å². The highest BCUT2D eigenvalue weighted by molar-refractivity contribution is 6.06. The molecular weight excluding hydrogens is 262 g/mol. The molecule has 0 unspecified atom stereocenters. The fraction of sp³-hybridized carbons (Fsp3) is 0.667. The van der Waals surface area contributed by atoms with Crippen LogP contribution in [-0.2, 0) is 11.2 Å². The second kappa shape index (κ2) is 6.36. The number of nitrogens with two attached hydrogens (primary N) is 1. The summed E-state index contributed by atoms with van der Waals surface area (Å²) in [7, 11) is 0. The number of hydrogen-bond donors (Lipinski definition) is 3. The molecule has 0 atom stereocenters. The first-order chi connectivity index (χ1) is 9.69. The average Bonchev–Trinajstić information content (AvgIpc) is 3.00. The van der Waals surface area contributed by atoms with Crippen LogP contribution in [0.2, 0.25) is 0 Å². The number of hydrogen-bond acceptors (Lipinski definition) is 6. The molecule has 8 nitrogen and oxygen atoms in total. The van der Waals surface area contributed by atoms with Crippen molar-refractivity contribution in [3.8, 4) is 0 Å². The Morgan fingerprint density at radius 3 is 2.85 bits per heavy atom. The summed E-state index contributed by atoms with van der Waals surface area (Å²) in [5, 5.41) is 18.5. The summed E-state index contributed by atoms with van der Waals surface area (Å²) < 4.78 is 4.62. The van der Waals surface area contributed by atoms with Crippen molar-refractivity contribution in [1.29, 1.82) is 0 Å². The van der Waals surface area contributed by atoms with E-state index in [9.17, 15) is 4.79 Å². The van der Waals surface area contributed by atoms with E-state index in [2.05, 4.69) is 25.1 Å². The third kappa shape index (κ3) is 2.89. The van der Waals surface area contributed by atoms with Gasteiger partial charge in [-0.1, -0.05) is 29.6 Å². The molecule has 1 fully saturated rings. The standard InChI is InChI=1S/C12H19N5O3/c13-10(16-19)12(5-2-1-3-6-12)11(18)14-7-4-9-15-8-20-17-9/h8,19H,1-7H2,(H2,13,16)(H,14,18). The van der Waals surface area contributed by atoms with Crippen molar-refractivity contribution < 1.29 is 14.5 Å². The average molecular weight is 281 g/mol. The third-order valence-corrected chi connectivity index (χ3v) is 3.78. The quantitative estimate of drug-likeness (QED) is 0.311. The number of nitrogens with one attached hydrogen (secondary N) is 1. The van der Waals surface area contributed by atoms with Gasteiger partial charge in [-0.2, -0.15) is 4.98 Å². The van der Waals surface area contributed by atoms with Crippen LogP contribution in [0, 0.1) is 5.41 Å². The monoisotopic (exact) mass is 281 g/mol. The van der Waals surface area contributed by atoms with Crippen molar-refractivity contribution >= 4 is 11.7 Å². The molecule has 1 heterocycles. The topological polar surface area (TPSA) is 127 Å². The number of carbonyl (C=O) groups is 1. The van der Waals surface area contributed by atoms with Gasteiger partial charge in [-0.05, 0) is 12.8 Å². The lowest BCUT2D eigenvalue weighted by Gasteiger charge is -2.34. The van der Waals surface area contributed by atoms with Crippen LogP contribution < -0.4 is 11.1 Å². The van der Waals surface area contributed by atoms with Crippen LogP contribution in [0.15, 0.2) is 16.1 Å². The zero-order valence-corrected chi connectivity index (χ0v) is 11.2. The number of oxime groups is 1. The van der Waals surface area contributed by atoms with Crippen LogP contribution in [0.5, 0.6) is 0 Å². The Bertz CT molecular complexity index is 465. The normalized spacial score (nSPS) is 18.7. The van der Waals surface area contributed by atoms with Gasteiger partial charge in [0.1, 0.15) is 5.41 Å². The van der Waals surface area contributed by atoms with Crippen molar-refractivity contribution in [2.45, 2.75) is 38.5 Å². The van der Waals surface area contributed by atoms with Crippen LogP contribution in [-0.4, -0.2) is 33.6 Å². The number of amides is 1. The van der Waals surface area contributed by atoms with Crippen LogP contribution in [0.3, 0.4) is 0 Å². The Morgan fingerprint density at radius 1 is 1.50 bits per heavy atom. The fourth-order valence-corrected chi connectivity index (χ4v) is 2.61. The zero-order chi connectivity index (χ0) is 14.4. The largest absolute Gasteiger partial charge is 0.409 e. The highest BCUT2D eigenvalue weighted by Crippen LogP contribution is 2.36. The molecule has 1 aliphatic rings. The lowest BCUT2D eigenvalue weighted by molar-refractivity contribution is -0.129. The van der Waals surface area contributed by atoms with Crippen LogP contribution in [0.4, 0.5) is 0 Å². The molecule has 2 rings (SSSR count). The van der Waals surface area contributed by atoms with Gasteiger partial charge in [0, 0.05) is 13.0 Å². The van der Waals surface area contributed by atoms with Gasteiger partial charge in [-0.3, -0.25) is 4.79 Å². The van der Waals surface area contributed by atoms with E-state index in [1.165, 1.54) is 6.39 Å². The Morgan fingerprint density at radius 2 is 2.25 bits per heavy atom. The van der Waals surface area contributed by atoms with Gasteiger partial charge in [0.2, 0.25) is 12.3 Å². The lowest BCUT2D eigenvalue weighted by Crippen LogP contribution is -2.51. The molecule has 0 saturated heterocycles. The smallest absolute Gasteiger partial charge is 0.233 e. The summed E-state index contributed by atoms with van der Waals surface area (Å²) in [6.45, 7) is 0.388. The van der Waals surface area contributed by atoms with Gasteiger partial charge in [-0.25, -0.2) is 0 Å². The summed E-state index contributed by atoms with van der Waals surface area (Å²) in [4.78, 5) is 16.3. The molecule has 0 spiro atoms. The molecule has 0 aromatic carbocycles. The number of nitrogens with zero attached hydrogens (tertiary/aromatic N) is 3. The molecular formula is C12H19N5O3. The molecule has 1 saturated carbocycles. The highest BCUT2D eigenvalue weighted by Gasteiger charge is 2.43. The highest BCUT2D eigenvalue weighted by atomic mass is 16.5. The second-order valence-corrected chi connectivity index (χ2v) is 4.98. The van der Waals surface area contributed by atoms with Crippen molar-refractivity contribution in [2.24, 2.45) is 16.3 Å². The number of aromatic nitrogens is 2. The Labute approximate surface area is 116 Å². The lowest BCUT2D eigenvalue weighted by atomic mass is 9.72. The van der Waals surface area contributed by atoms with Gasteiger partial charge in [-0.15, -0.1) is 0 Å². The molecule has 1 aromatic heterocycles. The van der Waals surface area contributed by atoms with E-state index in [1.807, 2.05) is 0 Å². The first-order valence-corrected chi connectivity index (χ1v) is 6.70. The predicted octanol–water partition coefficient (Wildman–Crippen LogP) is 0.425. The Kier molecular flexibility index (Phi) is 4.54. The molecule has 0 bridgehead atoms. The fourth-order valence-electron chi connectivity index (χ4n) is 2.61. The molecule has 1 aliphatic carbocycles. The minimum absolute atomic E-state index is 0.00531. The van der Waals surface area contributed by atoms with E-state index in [4.69, 9.17) is 10.9 Å². The molecule has 1 amide bonds. The van der Waals surface area contributed by atoms with Crippen LogP contribution >= 0.6 is 0 Å². The number of amidine groups is 1. The summed E-state index contributed by atoms with van der Waals surface area (Å²) >= 11 is 0. The number of carbonyl (C=O) groups excluding carboxylic acids is 1. The minimum Gasteiger partial charge on any atom is -0.409 e. The minimum atomic E-state index is -0.885. The van der Waals surface area contributed by atoms with Gasteiger partial charge >= 0.3 is 0 Å². The van der Waals surface area contributed by atoms with Crippen LogP contribution in [0.25, 0.3) is 0 Å². The Balaban J connectivity index is 1.96.